The van der Waals surface area contributed by atoms with Gasteiger partial charge in [-0.1, -0.05) is 0 Å². The van der Waals surface area contributed by atoms with E-state index >= 15 is 0 Å². The molecule has 114 valence electrons. The van der Waals surface area contributed by atoms with Gasteiger partial charge in [0, 0.05) is 12.5 Å². The van der Waals surface area contributed by atoms with Crippen molar-refractivity contribution >= 4 is 16.7 Å². The van der Waals surface area contributed by atoms with Gasteiger partial charge in [0.2, 0.25) is 0 Å². The Morgan fingerprint density at radius 1 is 1.27 bits per heavy atom. The predicted octanol–water partition coefficient (Wildman–Crippen LogP) is 3.47. The van der Waals surface area contributed by atoms with Gasteiger partial charge in [0.1, 0.15) is 35.5 Å². The average Bonchev–Trinajstić information content (AvgIpc) is 2.94. The first-order chi connectivity index (χ1) is 10.7. The molecular weight excluding hydrogens is 285 g/mol. The third-order valence-corrected chi connectivity index (χ3v) is 3.35. The Morgan fingerprint density at radius 3 is 2.86 bits per heavy atom. The van der Waals surface area contributed by atoms with E-state index in [0.29, 0.717) is 23.3 Å². The van der Waals surface area contributed by atoms with Crippen LogP contribution in [0.4, 0.5) is 10.2 Å². The Bertz CT molecular complexity index is 788. The molecule has 0 aliphatic carbocycles. The van der Waals surface area contributed by atoms with E-state index < -0.39 is 0 Å². The van der Waals surface area contributed by atoms with Crippen LogP contribution < -0.4 is 5.32 Å². The van der Waals surface area contributed by atoms with Crippen molar-refractivity contribution in [3.05, 3.63) is 54.0 Å². The zero-order chi connectivity index (χ0) is 15.5. The van der Waals surface area contributed by atoms with E-state index in [4.69, 9.17) is 9.15 Å². The van der Waals surface area contributed by atoms with Gasteiger partial charge in [0.25, 0.3) is 0 Å². The number of anilines is 1. The Morgan fingerprint density at radius 2 is 2.14 bits per heavy atom. The molecule has 0 aliphatic heterocycles. The zero-order valence-corrected chi connectivity index (χ0v) is 12.3. The van der Waals surface area contributed by atoms with Gasteiger partial charge in [0.05, 0.1) is 12.1 Å². The van der Waals surface area contributed by atoms with Gasteiger partial charge in [-0.3, -0.25) is 0 Å². The van der Waals surface area contributed by atoms with Crippen molar-refractivity contribution in [2.45, 2.75) is 13.0 Å². The molecule has 0 radical (unpaired) electrons. The molecule has 0 fully saturated rings. The van der Waals surface area contributed by atoms with E-state index in [1.54, 1.807) is 13.2 Å². The van der Waals surface area contributed by atoms with E-state index in [1.807, 2.05) is 19.1 Å². The molecule has 3 aromatic rings. The van der Waals surface area contributed by atoms with Crippen LogP contribution in [0.2, 0.25) is 0 Å². The summed E-state index contributed by atoms with van der Waals surface area (Å²) in [6.45, 7) is 2.27. The molecule has 1 unspecified atom stereocenters. The van der Waals surface area contributed by atoms with Crippen LogP contribution in [0.1, 0.15) is 17.6 Å². The summed E-state index contributed by atoms with van der Waals surface area (Å²) < 4.78 is 24.4. The SMILES string of the molecule is COCC(Nc1ncnc2ccc(F)cc12)c1ccc(C)o1. The maximum atomic E-state index is 13.5. The van der Waals surface area contributed by atoms with Crippen molar-refractivity contribution in [2.24, 2.45) is 0 Å². The number of hydrogen-bond acceptors (Lipinski definition) is 5. The first-order valence-electron chi connectivity index (χ1n) is 6.89. The maximum Gasteiger partial charge on any atom is 0.138 e. The summed E-state index contributed by atoms with van der Waals surface area (Å²) in [6, 6.07) is 7.96. The summed E-state index contributed by atoms with van der Waals surface area (Å²) in [6.07, 6.45) is 1.44. The van der Waals surface area contributed by atoms with Gasteiger partial charge >= 0.3 is 0 Å². The highest BCUT2D eigenvalue weighted by Crippen LogP contribution is 2.26. The average molecular weight is 301 g/mol. The normalized spacial score (nSPS) is 12.5. The number of fused-ring (bicyclic) bond motifs is 1. The van der Waals surface area contributed by atoms with Gasteiger partial charge in [-0.05, 0) is 37.3 Å². The van der Waals surface area contributed by atoms with Crippen molar-refractivity contribution in [1.29, 1.82) is 0 Å². The second kappa shape index (κ2) is 6.11. The second-order valence-electron chi connectivity index (χ2n) is 4.98. The minimum absolute atomic E-state index is 0.222. The van der Waals surface area contributed by atoms with Crippen LogP contribution >= 0.6 is 0 Å². The lowest BCUT2D eigenvalue weighted by Crippen LogP contribution is -2.16. The fourth-order valence-electron chi connectivity index (χ4n) is 2.31. The molecule has 0 saturated heterocycles. The number of rotatable bonds is 5. The molecular formula is C16H16FN3O2. The largest absolute Gasteiger partial charge is 0.464 e. The number of nitrogens with one attached hydrogen (secondary N) is 1. The molecule has 1 aromatic carbocycles. The number of ether oxygens (including phenoxy) is 1. The number of nitrogens with zero attached hydrogens (tertiary/aromatic N) is 2. The van der Waals surface area contributed by atoms with Gasteiger partial charge in [-0.2, -0.15) is 0 Å². The molecule has 0 saturated carbocycles. The van der Waals surface area contributed by atoms with Crippen LogP contribution in [0, 0.1) is 12.7 Å². The molecule has 3 rings (SSSR count). The number of methoxy groups -OCH3 is 1. The van der Waals surface area contributed by atoms with Crippen LogP contribution in [-0.4, -0.2) is 23.7 Å². The number of benzene rings is 1. The predicted molar refractivity (Wildman–Crippen MR) is 81.2 cm³/mol. The van der Waals surface area contributed by atoms with Gasteiger partial charge in [-0.15, -0.1) is 0 Å². The summed E-state index contributed by atoms with van der Waals surface area (Å²) in [7, 11) is 1.61. The molecule has 5 nitrogen and oxygen atoms in total. The second-order valence-corrected chi connectivity index (χ2v) is 4.98. The standard InChI is InChI=1S/C16H16FN3O2/c1-10-3-6-15(22-10)14(8-21-2)20-16-12-7-11(17)4-5-13(12)18-9-19-16/h3-7,9,14H,8H2,1-2H3,(H,18,19,20). The van der Waals surface area contributed by atoms with Crippen LogP contribution in [-0.2, 0) is 4.74 Å². The number of aromatic nitrogens is 2. The number of halogens is 1. The van der Waals surface area contributed by atoms with Gasteiger partial charge in [0.15, 0.2) is 0 Å². The van der Waals surface area contributed by atoms with Crippen molar-refractivity contribution < 1.29 is 13.5 Å². The summed E-state index contributed by atoms with van der Waals surface area (Å²) in [5.41, 5.74) is 0.672. The minimum atomic E-state index is -0.331. The molecule has 0 bridgehead atoms. The van der Waals surface area contributed by atoms with Gasteiger partial charge in [-0.25, -0.2) is 14.4 Å². The maximum absolute atomic E-state index is 13.5. The van der Waals surface area contributed by atoms with Crippen molar-refractivity contribution in [2.75, 3.05) is 19.0 Å². The summed E-state index contributed by atoms with van der Waals surface area (Å²) in [5, 5.41) is 3.86. The van der Waals surface area contributed by atoms with Crippen molar-refractivity contribution in [3.8, 4) is 0 Å². The first-order valence-corrected chi connectivity index (χ1v) is 6.89. The quantitative estimate of drug-likeness (QED) is 0.782. The summed E-state index contributed by atoms with van der Waals surface area (Å²) in [5.74, 6) is 1.77. The molecule has 2 aromatic heterocycles. The fraction of sp³-hybridized carbons (Fsp3) is 0.250. The number of aryl methyl sites for hydroxylation is 1. The molecule has 1 atom stereocenters. The molecule has 1 N–H and O–H groups in total. The Hall–Kier alpha value is -2.47. The third kappa shape index (κ3) is 2.92. The molecule has 6 heteroatoms. The summed E-state index contributed by atoms with van der Waals surface area (Å²) >= 11 is 0. The van der Waals surface area contributed by atoms with E-state index in [0.717, 1.165) is 11.5 Å². The highest BCUT2D eigenvalue weighted by Gasteiger charge is 2.17. The van der Waals surface area contributed by atoms with Crippen LogP contribution in [0.25, 0.3) is 10.9 Å². The summed E-state index contributed by atoms with van der Waals surface area (Å²) in [4.78, 5) is 8.36. The van der Waals surface area contributed by atoms with Crippen LogP contribution in [0.15, 0.2) is 41.1 Å². The topological polar surface area (TPSA) is 60.2 Å². The monoisotopic (exact) mass is 301 g/mol. The number of furan rings is 1. The lowest BCUT2D eigenvalue weighted by atomic mass is 10.2. The van der Waals surface area contributed by atoms with Crippen LogP contribution in [0.3, 0.4) is 0 Å². The van der Waals surface area contributed by atoms with Crippen molar-refractivity contribution in [3.63, 3.8) is 0 Å². The van der Waals surface area contributed by atoms with E-state index in [2.05, 4.69) is 15.3 Å². The van der Waals surface area contributed by atoms with Gasteiger partial charge < -0.3 is 14.5 Å². The molecule has 22 heavy (non-hydrogen) atoms. The molecule has 0 spiro atoms. The lowest BCUT2D eigenvalue weighted by Gasteiger charge is -2.17. The first kappa shape index (κ1) is 14.5. The van der Waals surface area contributed by atoms with Crippen molar-refractivity contribution in [1.82, 2.24) is 9.97 Å². The smallest absolute Gasteiger partial charge is 0.138 e. The Kier molecular flexibility index (Phi) is 4.02. The zero-order valence-electron chi connectivity index (χ0n) is 12.3. The minimum Gasteiger partial charge on any atom is -0.464 e. The van der Waals surface area contributed by atoms with Crippen LogP contribution in [0.5, 0.6) is 0 Å². The number of hydrogen-bond donors (Lipinski definition) is 1. The molecule has 0 aliphatic rings. The Balaban J connectivity index is 1.97. The highest BCUT2D eigenvalue weighted by atomic mass is 19.1. The lowest BCUT2D eigenvalue weighted by molar-refractivity contribution is 0.178. The molecule has 2 heterocycles. The van der Waals surface area contributed by atoms with E-state index in [9.17, 15) is 4.39 Å². The van der Waals surface area contributed by atoms with E-state index in [-0.39, 0.29) is 11.9 Å². The third-order valence-electron chi connectivity index (χ3n) is 3.35. The van der Waals surface area contributed by atoms with E-state index in [1.165, 1.54) is 18.5 Å². The fourth-order valence-corrected chi connectivity index (χ4v) is 2.31. The molecule has 0 amide bonds. The highest BCUT2D eigenvalue weighted by molar-refractivity contribution is 5.88. The Labute approximate surface area is 127 Å².